The van der Waals surface area contributed by atoms with Gasteiger partial charge >= 0.3 is 0 Å². The van der Waals surface area contributed by atoms with Crippen molar-refractivity contribution in [2.75, 3.05) is 0 Å². The van der Waals surface area contributed by atoms with Gasteiger partial charge in [0.15, 0.2) is 0 Å². The van der Waals surface area contributed by atoms with Gasteiger partial charge in [0.2, 0.25) is 0 Å². The van der Waals surface area contributed by atoms with E-state index in [0.717, 1.165) is 36.9 Å². The van der Waals surface area contributed by atoms with Crippen LogP contribution in [0.15, 0.2) is 30.3 Å². The van der Waals surface area contributed by atoms with Crippen molar-refractivity contribution in [2.24, 2.45) is 11.8 Å². The predicted molar refractivity (Wildman–Crippen MR) is 98.6 cm³/mol. The van der Waals surface area contributed by atoms with Crippen LogP contribution in [0.5, 0.6) is 0 Å². The quantitative estimate of drug-likeness (QED) is 0.795. The maximum Gasteiger partial charge on any atom is 0.269 e. The summed E-state index contributed by atoms with van der Waals surface area (Å²) < 4.78 is 0. The Bertz CT molecular complexity index is 840. The molecule has 6 rings (SSSR count). The number of H-pyrrole nitrogens is 1. The minimum absolute atomic E-state index is 0.110. The third kappa shape index (κ3) is 2.65. The zero-order valence-corrected chi connectivity index (χ0v) is 15.1. The molecule has 4 aliphatic rings. The molecule has 3 N–H and O–H groups in total. The molecule has 4 saturated carbocycles. The van der Waals surface area contributed by atoms with Crippen molar-refractivity contribution in [3.05, 3.63) is 41.6 Å². The molecule has 4 fully saturated rings. The summed E-state index contributed by atoms with van der Waals surface area (Å²) in [4.78, 5) is 12.9. The molecular formula is C21H25N3O2. The van der Waals surface area contributed by atoms with Crippen LogP contribution in [0.3, 0.4) is 0 Å². The number of hydrogen-bond donors (Lipinski definition) is 3. The molecule has 4 aliphatic carbocycles. The zero-order valence-electron chi connectivity index (χ0n) is 15.1. The number of benzene rings is 1. The van der Waals surface area contributed by atoms with Gasteiger partial charge in [0.1, 0.15) is 5.69 Å². The zero-order chi connectivity index (χ0) is 17.9. The first-order chi connectivity index (χ1) is 12.4. The Morgan fingerprint density at radius 3 is 2.54 bits per heavy atom. The van der Waals surface area contributed by atoms with Crippen LogP contribution in [0.4, 0.5) is 0 Å². The molecule has 0 saturated heterocycles. The SMILES string of the molecule is Cc1ccc(-c2cc(C(=O)NC34CC5CC(CC(O)(C5)C3)C4)[nH]n2)cc1. The van der Waals surface area contributed by atoms with Gasteiger partial charge in [0.25, 0.3) is 5.91 Å². The van der Waals surface area contributed by atoms with Crippen LogP contribution < -0.4 is 5.32 Å². The Balaban J connectivity index is 1.36. The Kier molecular flexibility index (Phi) is 3.35. The monoisotopic (exact) mass is 351 g/mol. The standard InChI is InChI=1S/C21H25N3O2/c1-13-2-4-16(5-3-13)17-7-18(24-23-17)19(25)22-20-8-14-6-15(9-20)11-21(26,10-14)12-20/h2-5,7,14-15,26H,6,8-12H2,1H3,(H,22,25)(H,23,24). The molecule has 2 aromatic rings. The van der Waals surface area contributed by atoms with Crippen molar-refractivity contribution >= 4 is 5.91 Å². The van der Waals surface area contributed by atoms with E-state index in [9.17, 15) is 9.90 Å². The second-order valence-electron chi connectivity index (χ2n) is 8.95. The van der Waals surface area contributed by atoms with Gasteiger partial charge in [0, 0.05) is 11.1 Å². The highest BCUT2D eigenvalue weighted by Gasteiger charge is 2.57. The maximum absolute atomic E-state index is 12.9. The number of aliphatic hydroxyl groups is 1. The average molecular weight is 351 g/mol. The van der Waals surface area contributed by atoms with Crippen LogP contribution in [-0.2, 0) is 0 Å². The molecule has 0 spiro atoms. The van der Waals surface area contributed by atoms with Crippen molar-refractivity contribution in [2.45, 2.75) is 56.6 Å². The van der Waals surface area contributed by atoms with E-state index in [2.05, 4.69) is 15.5 Å². The molecule has 2 atom stereocenters. The Morgan fingerprint density at radius 1 is 1.19 bits per heavy atom. The number of hydrogen-bond acceptors (Lipinski definition) is 3. The van der Waals surface area contributed by atoms with Gasteiger partial charge in [-0.25, -0.2) is 0 Å². The Morgan fingerprint density at radius 2 is 1.88 bits per heavy atom. The molecule has 5 heteroatoms. The van der Waals surface area contributed by atoms with Gasteiger partial charge in [-0.1, -0.05) is 29.8 Å². The van der Waals surface area contributed by atoms with Gasteiger partial charge in [-0.3, -0.25) is 9.89 Å². The number of carbonyl (C=O) groups excluding carboxylic acids is 1. The molecule has 0 radical (unpaired) electrons. The van der Waals surface area contributed by atoms with Crippen LogP contribution >= 0.6 is 0 Å². The maximum atomic E-state index is 12.9. The summed E-state index contributed by atoms with van der Waals surface area (Å²) in [5.74, 6) is 0.985. The molecule has 1 aromatic carbocycles. The van der Waals surface area contributed by atoms with Crippen LogP contribution in [0.1, 0.15) is 54.6 Å². The average Bonchev–Trinajstić information content (AvgIpc) is 3.03. The molecule has 26 heavy (non-hydrogen) atoms. The lowest BCUT2D eigenvalue weighted by atomic mass is 9.51. The first-order valence-corrected chi connectivity index (χ1v) is 9.59. The van der Waals surface area contributed by atoms with Crippen molar-refractivity contribution in [3.8, 4) is 11.3 Å². The summed E-state index contributed by atoms with van der Waals surface area (Å²) >= 11 is 0. The van der Waals surface area contributed by atoms with Gasteiger partial charge < -0.3 is 10.4 Å². The molecular weight excluding hydrogens is 326 g/mol. The smallest absolute Gasteiger partial charge is 0.269 e. The fourth-order valence-corrected chi connectivity index (χ4v) is 5.98. The highest BCUT2D eigenvalue weighted by molar-refractivity contribution is 5.94. The largest absolute Gasteiger partial charge is 0.390 e. The second kappa shape index (κ2) is 5.43. The summed E-state index contributed by atoms with van der Waals surface area (Å²) in [6.07, 6.45) is 5.71. The number of amides is 1. The summed E-state index contributed by atoms with van der Waals surface area (Å²) in [5.41, 5.74) is 2.64. The minimum atomic E-state index is -0.571. The fraction of sp³-hybridized carbons (Fsp3) is 0.524. The van der Waals surface area contributed by atoms with Crippen LogP contribution in [-0.4, -0.2) is 32.4 Å². The van der Waals surface area contributed by atoms with Crippen molar-refractivity contribution in [1.82, 2.24) is 15.5 Å². The lowest BCUT2D eigenvalue weighted by Gasteiger charge is -2.60. The lowest BCUT2D eigenvalue weighted by Crippen LogP contribution is -2.65. The van der Waals surface area contributed by atoms with Crippen LogP contribution in [0, 0.1) is 18.8 Å². The summed E-state index contributed by atoms with van der Waals surface area (Å²) in [5, 5.41) is 21.3. The Labute approximate surface area is 153 Å². The molecule has 136 valence electrons. The molecule has 1 heterocycles. The van der Waals surface area contributed by atoms with Gasteiger partial charge in [-0.15, -0.1) is 0 Å². The third-order valence-electron chi connectivity index (χ3n) is 6.58. The van der Waals surface area contributed by atoms with Crippen molar-refractivity contribution in [3.63, 3.8) is 0 Å². The van der Waals surface area contributed by atoms with E-state index >= 15 is 0 Å². The third-order valence-corrected chi connectivity index (χ3v) is 6.58. The van der Waals surface area contributed by atoms with E-state index in [0.29, 0.717) is 24.0 Å². The topological polar surface area (TPSA) is 78.0 Å². The van der Waals surface area contributed by atoms with E-state index in [1.54, 1.807) is 0 Å². The van der Waals surface area contributed by atoms with E-state index in [1.165, 1.54) is 12.0 Å². The first kappa shape index (κ1) is 16.1. The minimum Gasteiger partial charge on any atom is -0.390 e. The lowest BCUT2D eigenvalue weighted by molar-refractivity contribution is -0.139. The fourth-order valence-electron chi connectivity index (χ4n) is 5.98. The van der Waals surface area contributed by atoms with Gasteiger partial charge in [0.05, 0.1) is 11.3 Å². The first-order valence-electron chi connectivity index (χ1n) is 9.59. The predicted octanol–water partition coefficient (Wildman–Crippen LogP) is 3.20. The molecule has 5 nitrogen and oxygen atoms in total. The highest BCUT2D eigenvalue weighted by Crippen LogP contribution is 2.57. The number of carbonyl (C=O) groups is 1. The molecule has 1 aromatic heterocycles. The molecule has 0 aliphatic heterocycles. The van der Waals surface area contributed by atoms with E-state index < -0.39 is 5.60 Å². The summed E-state index contributed by atoms with van der Waals surface area (Å²) in [7, 11) is 0. The summed E-state index contributed by atoms with van der Waals surface area (Å²) in [6.45, 7) is 2.05. The molecule has 2 unspecified atom stereocenters. The van der Waals surface area contributed by atoms with Crippen LogP contribution in [0.25, 0.3) is 11.3 Å². The number of aromatic amines is 1. The Hall–Kier alpha value is -2.14. The number of aryl methyl sites for hydroxylation is 1. The normalized spacial score (nSPS) is 34.8. The molecule has 1 amide bonds. The van der Waals surface area contributed by atoms with E-state index in [1.807, 2.05) is 37.3 Å². The van der Waals surface area contributed by atoms with Crippen LogP contribution in [0.2, 0.25) is 0 Å². The number of rotatable bonds is 3. The number of nitrogens with one attached hydrogen (secondary N) is 2. The van der Waals surface area contributed by atoms with Crippen molar-refractivity contribution in [1.29, 1.82) is 0 Å². The van der Waals surface area contributed by atoms with Gasteiger partial charge in [-0.05, 0) is 63.4 Å². The number of nitrogens with zero attached hydrogens (tertiary/aromatic N) is 1. The highest BCUT2D eigenvalue weighted by atomic mass is 16.3. The molecule has 4 bridgehead atoms. The second-order valence-corrected chi connectivity index (χ2v) is 8.95. The van der Waals surface area contributed by atoms with Crippen molar-refractivity contribution < 1.29 is 9.90 Å². The number of aromatic nitrogens is 2. The van der Waals surface area contributed by atoms with E-state index in [-0.39, 0.29) is 11.4 Å². The summed E-state index contributed by atoms with van der Waals surface area (Å²) in [6, 6.07) is 9.93. The van der Waals surface area contributed by atoms with Gasteiger partial charge in [-0.2, -0.15) is 5.10 Å². The van der Waals surface area contributed by atoms with E-state index in [4.69, 9.17) is 0 Å².